The number of furan rings is 1. The molecule has 1 aromatic heterocycles. The van der Waals surface area contributed by atoms with Crippen molar-refractivity contribution in [2.45, 2.75) is 37.5 Å². The Hall–Kier alpha value is -0.410. The maximum atomic E-state index is 5.33. The largest absolute Gasteiger partial charge is 0.468 e. The van der Waals surface area contributed by atoms with Crippen LogP contribution >= 0.6 is 11.8 Å². The highest BCUT2D eigenvalue weighted by molar-refractivity contribution is 7.98. The first-order chi connectivity index (χ1) is 7.90. The van der Waals surface area contributed by atoms with E-state index in [9.17, 15) is 0 Å². The summed E-state index contributed by atoms with van der Waals surface area (Å²) in [4.78, 5) is 0. The normalized spacial score (nSPS) is 19.1. The molecule has 0 spiro atoms. The van der Waals surface area contributed by atoms with Gasteiger partial charge in [-0.05, 0) is 37.9 Å². The molecule has 1 aromatic rings. The quantitative estimate of drug-likeness (QED) is 0.824. The van der Waals surface area contributed by atoms with Gasteiger partial charge in [-0.3, -0.25) is 0 Å². The third-order valence-corrected chi connectivity index (χ3v) is 4.54. The van der Waals surface area contributed by atoms with E-state index in [0.29, 0.717) is 6.04 Å². The van der Waals surface area contributed by atoms with Gasteiger partial charge in [-0.1, -0.05) is 12.8 Å². The van der Waals surface area contributed by atoms with E-state index in [1.807, 2.05) is 17.8 Å². The molecule has 1 atom stereocenters. The van der Waals surface area contributed by atoms with E-state index < -0.39 is 0 Å². The van der Waals surface area contributed by atoms with Gasteiger partial charge < -0.3 is 9.73 Å². The molecule has 1 aliphatic carbocycles. The van der Waals surface area contributed by atoms with Crippen LogP contribution in [0.2, 0.25) is 0 Å². The summed E-state index contributed by atoms with van der Waals surface area (Å²) in [6.07, 6.45) is 7.42. The van der Waals surface area contributed by atoms with Crippen LogP contribution in [-0.4, -0.2) is 18.8 Å². The van der Waals surface area contributed by atoms with Gasteiger partial charge in [0.05, 0.1) is 12.0 Å². The Morgan fingerprint density at radius 3 is 2.94 bits per heavy atom. The van der Waals surface area contributed by atoms with Crippen molar-refractivity contribution >= 4 is 11.8 Å². The van der Waals surface area contributed by atoms with E-state index in [0.717, 1.165) is 17.4 Å². The van der Waals surface area contributed by atoms with Crippen LogP contribution in [0.3, 0.4) is 0 Å². The molecule has 0 radical (unpaired) electrons. The summed E-state index contributed by atoms with van der Waals surface area (Å²) < 4.78 is 5.33. The standard InChI is InChI=1S/C13H21NOS/c1-14-13(11-5-2-3-6-11)10-16-9-12-7-4-8-15-12/h4,7-8,11,13-14H,2-3,5-6,9-10H2,1H3. The zero-order chi connectivity index (χ0) is 11.2. The first-order valence-electron chi connectivity index (χ1n) is 6.17. The van der Waals surface area contributed by atoms with Gasteiger partial charge in [-0.2, -0.15) is 11.8 Å². The topological polar surface area (TPSA) is 25.2 Å². The van der Waals surface area contributed by atoms with E-state index in [1.54, 1.807) is 6.26 Å². The second kappa shape index (κ2) is 6.36. The second-order valence-electron chi connectivity index (χ2n) is 4.53. The van der Waals surface area contributed by atoms with Crippen molar-refractivity contribution in [3.8, 4) is 0 Å². The lowest BCUT2D eigenvalue weighted by atomic mass is 10.0. The lowest BCUT2D eigenvalue weighted by molar-refractivity contribution is 0.410. The first-order valence-corrected chi connectivity index (χ1v) is 7.33. The SMILES string of the molecule is CNC(CSCc1ccco1)C1CCCC1. The van der Waals surface area contributed by atoms with Gasteiger partial charge >= 0.3 is 0 Å². The summed E-state index contributed by atoms with van der Waals surface area (Å²) in [7, 11) is 2.09. The minimum Gasteiger partial charge on any atom is -0.468 e. The van der Waals surface area contributed by atoms with Gasteiger partial charge in [0, 0.05) is 11.8 Å². The van der Waals surface area contributed by atoms with Crippen LogP contribution in [0.1, 0.15) is 31.4 Å². The van der Waals surface area contributed by atoms with Crippen LogP contribution in [0.4, 0.5) is 0 Å². The molecule has 0 amide bonds. The summed E-state index contributed by atoms with van der Waals surface area (Å²) in [5.41, 5.74) is 0. The zero-order valence-electron chi connectivity index (χ0n) is 9.95. The van der Waals surface area contributed by atoms with Gasteiger partial charge in [0.1, 0.15) is 5.76 Å². The van der Waals surface area contributed by atoms with E-state index in [1.165, 1.54) is 31.4 Å². The minimum atomic E-state index is 0.683. The molecule has 2 nitrogen and oxygen atoms in total. The van der Waals surface area contributed by atoms with Crippen molar-refractivity contribution in [2.24, 2.45) is 5.92 Å². The summed E-state index contributed by atoms with van der Waals surface area (Å²) >= 11 is 1.97. The monoisotopic (exact) mass is 239 g/mol. The van der Waals surface area contributed by atoms with Crippen molar-refractivity contribution in [2.75, 3.05) is 12.8 Å². The number of thioether (sulfide) groups is 1. The van der Waals surface area contributed by atoms with Crippen LogP contribution < -0.4 is 5.32 Å². The minimum absolute atomic E-state index is 0.683. The van der Waals surface area contributed by atoms with E-state index >= 15 is 0 Å². The molecule has 0 saturated heterocycles. The molecule has 0 aliphatic heterocycles. The van der Waals surface area contributed by atoms with Gasteiger partial charge in [0.25, 0.3) is 0 Å². The Kier molecular flexibility index (Phi) is 4.79. The Balaban J connectivity index is 1.70. The fraction of sp³-hybridized carbons (Fsp3) is 0.692. The van der Waals surface area contributed by atoms with Gasteiger partial charge in [-0.15, -0.1) is 0 Å². The van der Waals surface area contributed by atoms with Gasteiger partial charge in [0.2, 0.25) is 0 Å². The summed E-state index contributed by atoms with van der Waals surface area (Å²) in [5, 5.41) is 3.47. The summed E-state index contributed by atoms with van der Waals surface area (Å²) in [5.74, 6) is 4.18. The third kappa shape index (κ3) is 3.29. The Morgan fingerprint density at radius 2 is 2.31 bits per heavy atom. The number of hydrogen-bond acceptors (Lipinski definition) is 3. The maximum absolute atomic E-state index is 5.33. The molecule has 1 heterocycles. The van der Waals surface area contributed by atoms with Crippen molar-refractivity contribution in [1.82, 2.24) is 5.32 Å². The Morgan fingerprint density at radius 1 is 1.50 bits per heavy atom. The second-order valence-corrected chi connectivity index (χ2v) is 5.56. The molecule has 16 heavy (non-hydrogen) atoms. The highest BCUT2D eigenvalue weighted by Gasteiger charge is 2.23. The highest BCUT2D eigenvalue weighted by atomic mass is 32.2. The predicted molar refractivity (Wildman–Crippen MR) is 69.7 cm³/mol. The first kappa shape index (κ1) is 12.1. The van der Waals surface area contributed by atoms with E-state index in [2.05, 4.69) is 18.4 Å². The van der Waals surface area contributed by atoms with E-state index in [-0.39, 0.29) is 0 Å². The molecule has 0 bridgehead atoms. The summed E-state index contributed by atoms with van der Waals surface area (Å²) in [6, 6.07) is 4.70. The fourth-order valence-corrected chi connectivity index (χ4v) is 3.67. The van der Waals surface area contributed by atoms with E-state index in [4.69, 9.17) is 4.42 Å². The molecule has 1 fully saturated rings. The van der Waals surface area contributed by atoms with Crippen LogP contribution in [0.15, 0.2) is 22.8 Å². The summed E-state index contributed by atoms with van der Waals surface area (Å²) in [6.45, 7) is 0. The maximum Gasteiger partial charge on any atom is 0.113 e. The van der Waals surface area contributed by atoms with Crippen LogP contribution in [0, 0.1) is 5.92 Å². The average molecular weight is 239 g/mol. The van der Waals surface area contributed by atoms with Crippen molar-refractivity contribution in [3.05, 3.63) is 24.2 Å². The average Bonchev–Trinajstić information content (AvgIpc) is 2.96. The number of nitrogens with one attached hydrogen (secondary N) is 1. The van der Waals surface area contributed by atoms with Crippen LogP contribution in [-0.2, 0) is 5.75 Å². The Labute approximate surface area is 102 Å². The van der Waals surface area contributed by atoms with Crippen molar-refractivity contribution < 1.29 is 4.42 Å². The molecule has 3 heteroatoms. The molecule has 1 aliphatic rings. The zero-order valence-corrected chi connectivity index (χ0v) is 10.8. The molecular weight excluding hydrogens is 218 g/mol. The lowest BCUT2D eigenvalue weighted by Crippen LogP contribution is -2.34. The van der Waals surface area contributed by atoms with Gasteiger partial charge in [0.15, 0.2) is 0 Å². The third-order valence-electron chi connectivity index (χ3n) is 3.46. The number of hydrogen-bond donors (Lipinski definition) is 1. The molecular formula is C13H21NOS. The molecule has 1 unspecified atom stereocenters. The van der Waals surface area contributed by atoms with Crippen LogP contribution in [0.5, 0.6) is 0 Å². The smallest absolute Gasteiger partial charge is 0.113 e. The lowest BCUT2D eigenvalue weighted by Gasteiger charge is -2.22. The molecule has 90 valence electrons. The van der Waals surface area contributed by atoms with Crippen LogP contribution in [0.25, 0.3) is 0 Å². The van der Waals surface area contributed by atoms with Crippen molar-refractivity contribution in [1.29, 1.82) is 0 Å². The molecule has 0 aromatic carbocycles. The number of rotatable bonds is 6. The Bertz CT molecular complexity index is 280. The van der Waals surface area contributed by atoms with Gasteiger partial charge in [-0.25, -0.2) is 0 Å². The predicted octanol–water partition coefficient (Wildman–Crippen LogP) is 3.29. The molecule has 2 rings (SSSR count). The fourth-order valence-electron chi connectivity index (χ4n) is 2.50. The highest BCUT2D eigenvalue weighted by Crippen LogP contribution is 2.29. The van der Waals surface area contributed by atoms with Crippen molar-refractivity contribution in [3.63, 3.8) is 0 Å². The molecule has 1 saturated carbocycles. The molecule has 1 N–H and O–H groups in total.